The summed E-state index contributed by atoms with van der Waals surface area (Å²) in [6, 6.07) is 0. The molecule has 0 saturated carbocycles. The Kier molecular flexibility index (Phi) is 18.5. The molecule has 3 saturated heterocycles. The first kappa shape index (κ1) is 37.4. The molecule has 0 bridgehead atoms. The molecule has 0 aromatic carbocycles. The second kappa shape index (κ2) is 21.7. The summed E-state index contributed by atoms with van der Waals surface area (Å²) in [5, 5.41) is 21.4. The maximum absolute atomic E-state index is 11.9. The molecule has 3 aliphatic rings. The molecule has 256 valence electrons. The monoisotopic (exact) mass is 622 g/mol. The second-order valence-corrected chi connectivity index (χ2v) is 14.3. The molecule has 0 aliphatic carbocycles. The van der Waals surface area contributed by atoms with Crippen molar-refractivity contribution in [3.63, 3.8) is 0 Å². The Bertz CT molecular complexity index is 788. The lowest BCUT2D eigenvalue weighted by Gasteiger charge is -2.24. The van der Waals surface area contributed by atoms with Gasteiger partial charge in [0, 0.05) is 6.42 Å². The van der Waals surface area contributed by atoms with Crippen LogP contribution in [0.2, 0.25) is 0 Å². The molecule has 44 heavy (non-hydrogen) atoms. The fourth-order valence-corrected chi connectivity index (χ4v) is 7.55. The summed E-state index contributed by atoms with van der Waals surface area (Å²) >= 11 is 0. The highest BCUT2D eigenvalue weighted by atomic mass is 16.6. The van der Waals surface area contributed by atoms with Crippen LogP contribution in [0, 0.1) is 5.92 Å². The van der Waals surface area contributed by atoms with Crippen molar-refractivity contribution in [1.29, 1.82) is 0 Å². The van der Waals surface area contributed by atoms with Crippen LogP contribution in [0.1, 0.15) is 174 Å². The highest BCUT2D eigenvalue weighted by Crippen LogP contribution is 2.35. The van der Waals surface area contributed by atoms with Crippen LogP contribution in [0.4, 0.5) is 0 Å². The van der Waals surface area contributed by atoms with E-state index in [9.17, 15) is 19.8 Å². The van der Waals surface area contributed by atoms with Crippen molar-refractivity contribution in [3.05, 3.63) is 0 Å². The van der Waals surface area contributed by atoms with Gasteiger partial charge in [0.05, 0.1) is 42.5 Å². The van der Waals surface area contributed by atoms with Crippen molar-refractivity contribution in [2.75, 3.05) is 0 Å². The normalized spacial score (nSPS) is 28.4. The molecular weight excluding hydrogens is 556 g/mol. The van der Waals surface area contributed by atoms with Crippen molar-refractivity contribution in [2.45, 2.75) is 217 Å². The Hall–Kier alpha value is -1.02. The number of rotatable bonds is 25. The quantitative estimate of drug-likeness (QED) is 0.0782. The van der Waals surface area contributed by atoms with Gasteiger partial charge in [0.15, 0.2) is 0 Å². The van der Waals surface area contributed by atoms with E-state index in [1.807, 2.05) is 0 Å². The van der Waals surface area contributed by atoms with Crippen LogP contribution in [0.15, 0.2) is 0 Å². The van der Waals surface area contributed by atoms with E-state index in [0.29, 0.717) is 12.8 Å². The number of esters is 1. The SMILES string of the molecule is CCCCCCCCCC[C@H](O)[C@H]1CC[C@H]([C@H]2CCC([C@H](O)CCCCCCCCCC[C@@H]3C[C@@H](CC(C)=O)C(=O)O3)O2)O1. The second-order valence-electron chi connectivity index (χ2n) is 14.3. The molecule has 2 N–H and O–H groups in total. The van der Waals surface area contributed by atoms with Gasteiger partial charge in [-0.3, -0.25) is 4.79 Å². The lowest BCUT2D eigenvalue weighted by molar-refractivity contribution is -0.145. The summed E-state index contributed by atoms with van der Waals surface area (Å²) < 4.78 is 18.0. The zero-order valence-electron chi connectivity index (χ0n) is 28.2. The third-order valence-corrected chi connectivity index (χ3v) is 10.3. The molecule has 3 heterocycles. The van der Waals surface area contributed by atoms with E-state index in [2.05, 4.69) is 6.92 Å². The van der Waals surface area contributed by atoms with E-state index in [4.69, 9.17) is 14.2 Å². The smallest absolute Gasteiger partial charge is 0.309 e. The zero-order valence-corrected chi connectivity index (χ0v) is 28.2. The fraction of sp³-hybridized carbons (Fsp3) is 0.946. The standard InChI is InChI=1S/C37H66O7/c1-3-4-5-6-7-11-14-17-20-31(39)33-22-24-35(43-33)36-25-23-34(44-36)32(40)21-18-15-12-9-8-10-13-16-19-30-27-29(26-28(2)38)37(41)42-30/h29-36,39-40H,3-27H2,1-2H3/t29-,30-,31+,32-,33-,34?,35-,36-/m1/s1. The highest BCUT2D eigenvalue weighted by Gasteiger charge is 2.40. The van der Waals surface area contributed by atoms with Crippen LogP contribution in [0.25, 0.3) is 0 Å². The van der Waals surface area contributed by atoms with Gasteiger partial charge in [-0.25, -0.2) is 0 Å². The number of hydrogen-bond donors (Lipinski definition) is 2. The minimum atomic E-state index is -0.399. The van der Waals surface area contributed by atoms with Gasteiger partial charge >= 0.3 is 5.97 Å². The summed E-state index contributed by atoms with van der Waals surface area (Å²) in [6.45, 7) is 3.79. The van der Waals surface area contributed by atoms with Crippen molar-refractivity contribution >= 4 is 11.8 Å². The number of aliphatic hydroxyl groups is 2. The molecular formula is C37H66O7. The number of aliphatic hydroxyl groups excluding tert-OH is 2. The topological polar surface area (TPSA) is 102 Å². The molecule has 1 unspecified atom stereocenters. The average Bonchev–Trinajstić information content (AvgIpc) is 3.75. The number of ether oxygens (including phenoxy) is 3. The van der Waals surface area contributed by atoms with Crippen LogP contribution >= 0.6 is 0 Å². The first-order valence-electron chi connectivity index (χ1n) is 18.7. The molecule has 0 aromatic heterocycles. The zero-order chi connectivity index (χ0) is 31.6. The van der Waals surface area contributed by atoms with Crippen LogP contribution in [0.3, 0.4) is 0 Å². The maximum Gasteiger partial charge on any atom is 0.309 e. The number of cyclic esters (lactones) is 1. The maximum atomic E-state index is 11.9. The Balaban J connectivity index is 1.13. The number of ketones is 1. The first-order chi connectivity index (χ1) is 21.4. The molecule has 0 radical (unpaired) electrons. The molecule has 0 amide bonds. The molecule has 7 heteroatoms. The predicted octanol–water partition coefficient (Wildman–Crippen LogP) is 8.15. The minimum Gasteiger partial charge on any atom is -0.462 e. The number of unbranched alkanes of at least 4 members (excludes halogenated alkanes) is 14. The summed E-state index contributed by atoms with van der Waals surface area (Å²) in [7, 11) is 0. The van der Waals surface area contributed by atoms with Crippen LogP contribution in [-0.4, -0.2) is 64.7 Å². The molecule has 3 fully saturated rings. The Morgan fingerprint density at radius 2 is 1.16 bits per heavy atom. The predicted molar refractivity (Wildman–Crippen MR) is 174 cm³/mol. The third kappa shape index (κ3) is 14.2. The van der Waals surface area contributed by atoms with Crippen molar-refractivity contribution in [1.82, 2.24) is 0 Å². The molecule has 7 nitrogen and oxygen atoms in total. The van der Waals surface area contributed by atoms with Crippen LogP contribution in [-0.2, 0) is 23.8 Å². The van der Waals surface area contributed by atoms with Gasteiger partial charge in [0.2, 0.25) is 0 Å². The van der Waals surface area contributed by atoms with Gasteiger partial charge < -0.3 is 29.2 Å². The molecule has 0 spiro atoms. The number of carbonyl (C=O) groups is 2. The van der Waals surface area contributed by atoms with Gasteiger partial charge in [-0.05, 0) is 64.7 Å². The summed E-state index contributed by atoms with van der Waals surface area (Å²) in [5.74, 6) is -0.348. The van der Waals surface area contributed by atoms with E-state index in [-0.39, 0.29) is 54.3 Å². The third-order valence-electron chi connectivity index (χ3n) is 10.3. The van der Waals surface area contributed by atoms with E-state index in [0.717, 1.165) is 77.0 Å². The van der Waals surface area contributed by atoms with E-state index in [1.54, 1.807) is 0 Å². The van der Waals surface area contributed by atoms with Gasteiger partial charge in [-0.15, -0.1) is 0 Å². The molecule has 3 rings (SSSR count). The van der Waals surface area contributed by atoms with Gasteiger partial charge in [0.1, 0.15) is 11.9 Å². The summed E-state index contributed by atoms with van der Waals surface area (Å²) in [6.07, 6.45) is 26.0. The van der Waals surface area contributed by atoms with Gasteiger partial charge in [0.25, 0.3) is 0 Å². The van der Waals surface area contributed by atoms with Crippen LogP contribution < -0.4 is 0 Å². The largest absolute Gasteiger partial charge is 0.462 e. The molecule has 0 aromatic rings. The van der Waals surface area contributed by atoms with Gasteiger partial charge in [-0.1, -0.05) is 103 Å². The van der Waals surface area contributed by atoms with Crippen molar-refractivity contribution < 1.29 is 34.0 Å². The summed E-state index contributed by atoms with van der Waals surface area (Å²) in [4.78, 5) is 23.1. The van der Waals surface area contributed by atoms with Gasteiger partial charge in [-0.2, -0.15) is 0 Å². The highest BCUT2D eigenvalue weighted by molar-refractivity contribution is 5.83. The average molecular weight is 623 g/mol. The number of Topliss-reactive ketones (excluding diaryl/α,β-unsaturated/α-hetero) is 1. The van der Waals surface area contributed by atoms with Crippen molar-refractivity contribution in [3.8, 4) is 0 Å². The van der Waals surface area contributed by atoms with Crippen molar-refractivity contribution in [2.24, 2.45) is 5.92 Å². The number of carbonyl (C=O) groups excluding carboxylic acids is 2. The van der Waals surface area contributed by atoms with E-state index < -0.39 is 6.10 Å². The van der Waals surface area contributed by atoms with E-state index >= 15 is 0 Å². The lowest BCUT2D eigenvalue weighted by atomic mass is 9.96. The Morgan fingerprint density at radius 3 is 1.64 bits per heavy atom. The Morgan fingerprint density at radius 1 is 0.705 bits per heavy atom. The lowest BCUT2D eigenvalue weighted by Crippen LogP contribution is -2.33. The molecule has 8 atom stereocenters. The Labute approximate surface area is 268 Å². The summed E-state index contributed by atoms with van der Waals surface area (Å²) in [5.41, 5.74) is 0. The fourth-order valence-electron chi connectivity index (χ4n) is 7.55. The van der Waals surface area contributed by atoms with Crippen LogP contribution in [0.5, 0.6) is 0 Å². The number of hydrogen-bond acceptors (Lipinski definition) is 7. The first-order valence-corrected chi connectivity index (χ1v) is 18.7. The molecule has 3 aliphatic heterocycles. The minimum absolute atomic E-state index is 0.00211. The van der Waals surface area contributed by atoms with E-state index in [1.165, 1.54) is 77.6 Å².